The first-order chi connectivity index (χ1) is 5.77. The molecule has 0 aliphatic heterocycles. The fourth-order valence-electron chi connectivity index (χ4n) is 1.25. The van der Waals surface area contributed by atoms with E-state index in [1.165, 1.54) is 4.88 Å². The molecule has 3 heteroatoms. The van der Waals surface area contributed by atoms with Gasteiger partial charge < -0.3 is 4.98 Å². The van der Waals surface area contributed by atoms with Gasteiger partial charge in [0.05, 0.1) is 21.3 Å². The number of thiazole rings is 1. The van der Waals surface area contributed by atoms with E-state index < -0.39 is 0 Å². The van der Waals surface area contributed by atoms with Gasteiger partial charge in [-0.05, 0) is 26.0 Å². The number of aryl methyl sites for hydroxylation is 2. The lowest BCUT2D eigenvalue weighted by atomic mass is 10.3. The highest BCUT2D eigenvalue weighted by atomic mass is 32.1. The lowest BCUT2D eigenvalue weighted by Gasteiger charge is -1.91. The van der Waals surface area contributed by atoms with Gasteiger partial charge in [-0.25, -0.2) is 4.98 Å². The molecule has 2 rings (SSSR count). The maximum Gasteiger partial charge on any atom is 0.0904 e. The minimum atomic E-state index is 1.11. The van der Waals surface area contributed by atoms with E-state index in [9.17, 15) is 0 Å². The minimum Gasteiger partial charge on any atom is -0.360 e. The zero-order valence-corrected chi connectivity index (χ0v) is 7.90. The molecule has 0 aliphatic rings. The predicted octanol–water partition coefficient (Wildman–Crippen LogP) is 2.76. The van der Waals surface area contributed by atoms with Gasteiger partial charge in [0.1, 0.15) is 0 Å². The zero-order chi connectivity index (χ0) is 8.55. The summed E-state index contributed by atoms with van der Waals surface area (Å²) in [7, 11) is 0. The number of hydrogen-bond acceptors (Lipinski definition) is 2. The lowest BCUT2D eigenvalue weighted by molar-refractivity contribution is 1.20. The third-order valence-corrected chi connectivity index (χ3v) is 2.85. The van der Waals surface area contributed by atoms with Crippen LogP contribution < -0.4 is 0 Å². The van der Waals surface area contributed by atoms with Crippen LogP contribution in [0.5, 0.6) is 0 Å². The number of hydrogen-bond donors (Lipinski definition) is 1. The average Bonchev–Trinajstić information content (AvgIpc) is 2.58. The molecule has 0 saturated heterocycles. The van der Waals surface area contributed by atoms with Crippen LogP contribution in [0.25, 0.3) is 10.6 Å². The second-order valence-electron chi connectivity index (χ2n) is 2.73. The van der Waals surface area contributed by atoms with E-state index in [1.54, 1.807) is 11.3 Å². The van der Waals surface area contributed by atoms with Crippen LogP contribution in [0.2, 0.25) is 0 Å². The van der Waals surface area contributed by atoms with Crippen LogP contribution >= 0.6 is 11.3 Å². The van der Waals surface area contributed by atoms with Crippen LogP contribution in [0.3, 0.4) is 0 Å². The summed E-state index contributed by atoms with van der Waals surface area (Å²) in [6.07, 6.45) is 1.93. The monoisotopic (exact) mass is 178 g/mol. The van der Waals surface area contributed by atoms with Crippen LogP contribution in [0.4, 0.5) is 0 Å². The fraction of sp³-hybridized carbons (Fsp3) is 0.222. The standard InChI is InChI=1S/C9H10N2S/c1-6-9(12-7(2)11-6)8-4-3-5-10-8/h3-5,10H,1-2H3. The Bertz CT molecular complexity index is 373. The van der Waals surface area contributed by atoms with E-state index >= 15 is 0 Å². The third-order valence-electron chi connectivity index (χ3n) is 1.75. The van der Waals surface area contributed by atoms with Gasteiger partial charge in [-0.15, -0.1) is 11.3 Å². The van der Waals surface area contributed by atoms with Gasteiger partial charge >= 0.3 is 0 Å². The van der Waals surface area contributed by atoms with Gasteiger partial charge in [0.15, 0.2) is 0 Å². The van der Waals surface area contributed by atoms with Gasteiger partial charge in [-0.2, -0.15) is 0 Å². The Balaban J connectivity index is 2.54. The number of H-pyrrole nitrogens is 1. The van der Waals surface area contributed by atoms with Gasteiger partial charge in [0.25, 0.3) is 0 Å². The van der Waals surface area contributed by atoms with Crippen molar-refractivity contribution < 1.29 is 0 Å². The van der Waals surface area contributed by atoms with Crippen molar-refractivity contribution >= 4 is 11.3 Å². The Hall–Kier alpha value is -1.09. The Kier molecular flexibility index (Phi) is 1.73. The number of rotatable bonds is 1. The first-order valence-corrected chi connectivity index (χ1v) is 4.67. The largest absolute Gasteiger partial charge is 0.360 e. The van der Waals surface area contributed by atoms with Crippen LogP contribution in [0.15, 0.2) is 18.3 Å². The fourth-order valence-corrected chi connectivity index (χ4v) is 2.16. The maximum atomic E-state index is 4.37. The van der Waals surface area contributed by atoms with E-state index in [-0.39, 0.29) is 0 Å². The van der Waals surface area contributed by atoms with Gasteiger partial charge in [-0.3, -0.25) is 0 Å². The van der Waals surface area contributed by atoms with Crippen molar-refractivity contribution in [2.75, 3.05) is 0 Å². The highest BCUT2D eigenvalue weighted by Gasteiger charge is 2.06. The average molecular weight is 178 g/mol. The smallest absolute Gasteiger partial charge is 0.0904 e. The van der Waals surface area contributed by atoms with Crippen molar-refractivity contribution in [1.29, 1.82) is 0 Å². The molecule has 12 heavy (non-hydrogen) atoms. The topological polar surface area (TPSA) is 28.7 Å². The van der Waals surface area contributed by atoms with Crippen molar-refractivity contribution in [3.05, 3.63) is 29.0 Å². The molecule has 0 spiro atoms. The van der Waals surface area contributed by atoms with Crippen molar-refractivity contribution in [3.63, 3.8) is 0 Å². The molecule has 0 bridgehead atoms. The van der Waals surface area contributed by atoms with E-state index in [0.29, 0.717) is 0 Å². The minimum absolute atomic E-state index is 1.11. The first kappa shape index (κ1) is 7.55. The molecule has 62 valence electrons. The van der Waals surface area contributed by atoms with E-state index in [0.717, 1.165) is 16.4 Å². The summed E-state index contributed by atoms with van der Waals surface area (Å²) in [4.78, 5) is 8.79. The summed E-state index contributed by atoms with van der Waals surface area (Å²) in [6, 6.07) is 4.07. The van der Waals surface area contributed by atoms with E-state index in [2.05, 4.69) is 16.0 Å². The quantitative estimate of drug-likeness (QED) is 0.714. The Labute approximate surface area is 75.3 Å². The van der Waals surface area contributed by atoms with Gasteiger partial charge in [-0.1, -0.05) is 0 Å². The lowest BCUT2D eigenvalue weighted by Crippen LogP contribution is -1.76. The van der Waals surface area contributed by atoms with E-state index in [4.69, 9.17) is 0 Å². The molecule has 0 aromatic carbocycles. The molecule has 0 amide bonds. The summed E-state index contributed by atoms with van der Waals surface area (Å²) in [5.74, 6) is 0. The summed E-state index contributed by atoms with van der Waals surface area (Å²) >= 11 is 1.73. The van der Waals surface area contributed by atoms with Crippen LogP contribution in [0.1, 0.15) is 10.7 Å². The molecular formula is C9H10N2S. The molecular weight excluding hydrogens is 168 g/mol. The summed E-state index contributed by atoms with van der Waals surface area (Å²) in [5.41, 5.74) is 2.28. The van der Waals surface area contributed by atoms with Gasteiger partial charge in [0, 0.05) is 6.20 Å². The molecule has 0 fully saturated rings. The zero-order valence-electron chi connectivity index (χ0n) is 7.09. The normalized spacial score (nSPS) is 10.5. The molecule has 2 aromatic rings. The third kappa shape index (κ3) is 1.16. The highest BCUT2D eigenvalue weighted by Crippen LogP contribution is 2.27. The SMILES string of the molecule is Cc1nc(C)c(-c2ccc[nH]2)s1. The summed E-state index contributed by atoms with van der Waals surface area (Å²) in [5, 5.41) is 1.12. The van der Waals surface area contributed by atoms with Crippen LogP contribution in [-0.4, -0.2) is 9.97 Å². The molecule has 0 saturated carbocycles. The van der Waals surface area contributed by atoms with Gasteiger partial charge in [0.2, 0.25) is 0 Å². The molecule has 2 heterocycles. The first-order valence-electron chi connectivity index (χ1n) is 3.85. The second kappa shape index (κ2) is 2.75. The van der Waals surface area contributed by atoms with Crippen molar-refractivity contribution in [2.45, 2.75) is 13.8 Å². The van der Waals surface area contributed by atoms with Crippen LogP contribution in [-0.2, 0) is 0 Å². The Morgan fingerprint density at radius 3 is 2.75 bits per heavy atom. The number of nitrogens with one attached hydrogen (secondary N) is 1. The molecule has 0 unspecified atom stereocenters. The second-order valence-corrected chi connectivity index (χ2v) is 3.93. The Morgan fingerprint density at radius 2 is 2.25 bits per heavy atom. The van der Waals surface area contributed by atoms with E-state index in [1.807, 2.05) is 26.1 Å². The van der Waals surface area contributed by atoms with Crippen molar-refractivity contribution in [1.82, 2.24) is 9.97 Å². The molecule has 0 aliphatic carbocycles. The molecule has 2 aromatic heterocycles. The molecule has 0 radical (unpaired) electrons. The predicted molar refractivity (Wildman–Crippen MR) is 51.4 cm³/mol. The highest BCUT2D eigenvalue weighted by molar-refractivity contribution is 7.15. The summed E-state index contributed by atoms with van der Waals surface area (Å²) < 4.78 is 0. The maximum absolute atomic E-state index is 4.37. The number of aromatic nitrogens is 2. The van der Waals surface area contributed by atoms with Crippen molar-refractivity contribution in [3.8, 4) is 10.6 Å². The Morgan fingerprint density at radius 1 is 1.42 bits per heavy atom. The molecule has 1 N–H and O–H groups in total. The summed E-state index contributed by atoms with van der Waals surface area (Å²) in [6.45, 7) is 4.07. The molecule has 0 atom stereocenters. The molecule has 2 nitrogen and oxygen atoms in total. The van der Waals surface area contributed by atoms with Crippen LogP contribution in [0, 0.1) is 13.8 Å². The van der Waals surface area contributed by atoms with Crippen molar-refractivity contribution in [2.24, 2.45) is 0 Å². The number of aromatic amines is 1. The number of nitrogens with zero attached hydrogens (tertiary/aromatic N) is 1.